The zero-order valence-electron chi connectivity index (χ0n) is 17.9. The molecule has 0 saturated carbocycles. The second-order valence-corrected chi connectivity index (χ2v) is 8.53. The molecule has 0 bridgehead atoms. The molecule has 3 aromatic rings. The highest BCUT2D eigenvalue weighted by Gasteiger charge is 2.31. The first kappa shape index (κ1) is 18.9. The minimum absolute atomic E-state index is 0.124. The first-order valence-electron chi connectivity index (χ1n) is 10.7. The van der Waals surface area contributed by atoms with E-state index in [2.05, 4.69) is 46.4 Å². The van der Waals surface area contributed by atoms with Crippen molar-refractivity contribution in [1.82, 2.24) is 24.9 Å². The van der Waals surface area contributed by atoms with Gasteiger partial charge in [0.25, 0.3) is 0 Å². The Balaban J connectivity index is 1.55. The number of rotatable bonds is 3. The van der Waals surface area contributed by atoms with Crippen molar-refractivity contribution >= 4 is 17.4 Å². The Morgan fingerprint density at radius 1 is 1.30 bits per heavy atom. The van der Waals surface area contributed by atoms with Crippen molar-refractivity contribution < 1.29 is 4.79 Å². The number of amides is 1. The Morgan fingerprint density at radius 2 is 2.17 bits per heavy atom. The number of carbonyl (C=O) groups excluding carboxylic acids is 1. The van der Waals surface area contributed by atoms with Gasteiger partial charge in [-0.2, -0.15) is 10.2 Å². The van der Waals surface area contributed by atoms with Crippen LogP contribution in [0.3, 0.4) is 0 Å². The maximum atomic E-state index is 12.0. The molecular formula is C23H28N6O. The molecule has 0 aliphatic carbocycles. The van der Waals surface area contributed by atoms with E-state index in [-0.39, 0.29) is 5.91 Å². The standard InChI is InChI=1S/C23H28N6O/c1-4-16-9-18-10-17(19-11-24-27(3)13-19)5-6-22(18)29(12-16)23-20-14-28(15(2)30)8-7-21(20)25-26-23/h5-6,10-11,13,16H,4,7-9,12,14H2,1-3H3,(H,25,26)/t16-/m1/s1. The number of aromatic nitrogens is 4. The molecular weight excluding hydrogens is 376 g/mol. The van der Waals surface area contributed by atoms with Gasteiger partial charge in [-0.25, -0.2) is 0 Å². The molecule has 0 unspecified atom stereocenters. The Hall–Kier alpha value is -3.09. The van der Waals surface area contributed by atoms with E-state index >= 15 is 0 Å². The van der Waals surface area contributed by atoms with Crippen LogP contribution in [0.5, 0.6) is 0 Å². The van der Waals surface area contributed by atoms with Crippen LogP contribution in [-0.2, 0) is 31.2 Å². The summed E-state index contributed by atoms with van der Waals surface area (Å²) in [6.45, 7) is 6.25. The summed E-state index contributed by atoms with van der Waals surface area (Å²) < 4.78 is 1.84. The van der Waals surface area contributed by atoms with Gasteiger partial charge in [0, 0.05) is 62.2 Å². The lowest BCUT2D eigenvalue weighted by Crippen LogP contribution is -2.36. The number of H-pyrrole nitrogens is 1. The molecule has 2 aromatic heterocycles. The summed E-state index contributed by atoms with van der Waals surface area (Å²) in [4.78, 5) is 16.2. The number of fused-ring (bicyclic) bond motifs is 2. The van der Waals surface area contributed by atoms with Crippen LogP contribution >= 0.6 is 0 Å². The Bertz CT molecular complexity index is 1100. The van der Waals surface area contributed by atoms with E-state index < -0.39 is 0 Å². The number of nitrogens with one attached hydrogen (secondary N) is 1. The van der Waals surface area contributed by atoms with Gasteiger partial charge in [0.15, 0.2) is 5.82 Å². The van der Waals surface area contributed by atoms with Gasteiger partial charge in [0.2, 0.25) is 5.91 Å². The van der Waals surface area contributed by atoms with Crippen LogP contribution in [0.25, 0.3) is 11.1 Å². The highest BCUT2D eigenvalue weighted by molar-refractivity contribution is 5.76. The van der Waals surface area contributed by atoms with Crippen LogP contribution in [0.4, 0.5) is 11.5 Å². The van der Waals surface area contributed by atoms with Gasteiger partial charge in [-0.15, -0.1) is 0 Å². The highest BCUT2D eigenvalue weighted by Crippen LogP contribution is 2.40. The summed E-state index contributed by atoms with van der Waals surface area (Å²) >= 11 is 0. The third-order valence-electron chi connectivity index (χ3n) is 6.55. The quantitative estimate of drug-likeness (QED) is 0.726. The molecule has 0 spiro atoms. The Morgan fingerprint density at radius 3 is 2.90 bits per heavy atom. The number of hydrogen-bond acceptors (Lipinski definition) is 4. The van der Waals surface area contributed by atoms with E-state index in [1.54, 1.807) is 6.92 Å². The summed E-state index contributed by atoms with van der Waals surface area (Å²) in [5.74, 6) is 1.67. The van der Waals surface area contributed by atoms with Crippen LogP contribution in [0.15, 0.2) is 30.6 Å². The molecule has 5 rings (SSSR count). The lowest BCUT2D eigenvalue weighted by Gasteiger charge is -2.36. The predicted octanol–water partition coefficient (Wildman–Crippen LogP) is 3.44. The van der Waals surface area contributed by atoms with Gasteiger partial charge < -0.3 is 9.80 Å². The van der Waals surface area contributed by atoms with E-state index in [0.29, 0.717) is 12.5 Å². The zero-order chi connectivity index (χ0) is 20.8. The third kappa shape index (κ3) is 3.18. The zero-order valence-corrected chi connectivity index (χ0v) is 17.9. The largest absolute Gasteiger partial charge is 0.338 e. The van der Waals surface area contributed by atoms with E-state index in [1.807, 2.05) is 22.8 Å². The molecule has 0 radical (unpaired) electrons. The Kier molecular flexibility index (Phi) is 4.60. The summed E-state index contributed by atoms with van der Waals surface area (Å²) in [6.07, 6.45) is 7.00. The lowest BCUT2D eigenvalue weighted by molar-refractivity contribution is -0.129. The van der Waals surface area contributed by atoms with Crippen molar-refractivity contribution in [2.45, 2.75) is 39.7 Å². The van der Waals surface area contributed by atoms with E-state index in [4.69, 9.17) is 5.10 Å². The highest BCUT2D eigenvalue weighted by atomic mass is 16.2. The van der Waals surface area contributed by atoms with Crippen LogP contribution in [0.1, 0.15) is 37.1 Å². The van der Waals surface area contributed by atoms with Crippen LogP contribution < -0.4 is 4.90 Å². The van der Waals surface area contributed by atoms with Crippen molar-refractivity contribution in [3.8, 4) is 11.1 Å². The van der Waals surface area contributed by atoms with Gasteiger partial charge in [-0.3, -0.25) is 14.6 Å². The fourth-order valence-corrected chi connectivity index (χ4v) is 4.74. The molecule has 1 atom stereocenters. The van der Waals surface area contributed by atoms with Gasteiger partial charge in [-0.05, 0) is 35.6 Å². The normalized spacial score (nSPS) is 18.3. The fourth-order valence-electron chi connectivity index (χ4n) is 4.74. The first-order valence-corrected chi connectivity index (χ1v) is 10.7. The molecule has 7 heteroatoms. The molecule has 1 aromatic carbocycles. The minimum atomic E-state index is 0.124. The minimum Gasteiger partial charge on any atom is -0.338 e. The topological polar surface area (TPSA) is 70.1 Å². The first-order chi connectivity index (χ1) is 14.5. The van der Waals surface area contributed by atoms with Gasteiger partial charge >= 0.3 is 0 Å². The van der Waals surface area contributed by atoms with Gasteiger partial charge in [0.05, 0.1) is 12.7 Å². The number of anilines is 2. The third-order valence-corrected chi connectivity index (χ3v) is 6.55. The number of benzene rings is 1. The molecule has 7 nitrogen and oxygen atoms in total. The lowest BCUT2D eigenvalue weighted by atomic mass is 9.88. The van der Waals surface area contributed by atoms with Crippen molar-refractivity contribution in [3.63, 3.8) is 0 Å². The number of carbonyl (C=O) groups is 1. The second-order valence-electron chi connectivity index (χ2n) is 8.53. The smallest absolute Gasteiger partial charge is 0.219 e. The molecule has 0 saturated heterocycles. The number of hydrogen-bond donors (Lipinski definition) is 1. The molecule has 2 aliphatic rings. The molecule has 1 N–H and O–H groups in total. The van der Waals surface area contributed by atoms with E-state index in [1.165, 1.54) is 16.8 Å². The van der Waals surface area contributed by atoms with Crippen molar-refractivity contribution in [2.75, 3.05) is 18.0 Å². The average molecular weight is 405 g/mol. The van der Waals surface area contributed by atoms with Crippen molar-refractivity contribution in [3.05, 3.63) is 47.4 Å². The maximum absolute atomic E-state index is 12.0. The van der Waals surface area contributed by atoms with Crippen LogP contribution in [0, 0.1) is 5.92 Å². The summed E-state index contributed by atoms with van der Waals surface area (Å²) in [7, 11) is 1.95. The summed E-state index contributed by atoms with van der Waals surface area (Å²) in [5, 5.41) is 12.3. The SMILES string of the molecule is CC[C@@H]1Cc2cc(-c3cnn(C)c3)ccc2N(c2n[nH]c3c2CN(C(C)=O)CC3)C1. The molecule has 1 amide bonds. The van der Waals surface area contributed by atoms with Crippen molar-refractivity contribution in [2.24, 2.45) is 13.0 Å². The predicted molar refractivity (Wildman–Crippen MR) is 117 cm³/mol. The van der Waals surface area contributed by atoms with E-state index in [9.17, 15) is 4.79 Å². The molecule has 2 aliphatic heterocycles. The Labute approximate surface area is 176 Å². The van der Waals surface area contributed by atoms with Gasteiger partial charge in [-0.1, -0.05) is 19.4 Å². The monoisotopic (exact) mass is 404 g/mol. The number of aromatic amines is 1. The molecule has 4 heterocycles. The average Bonchev–Trinajstić information content (AvgIpc) is 3.38. The second kappa shape index (κ2) is 7.31. The van der Waals surface area contributed by atoms with Crippen molar-refractivity contribution in [1.29, 1.82) is 0 Å². The van der Waals surface area contributed by atoms with Crippen LogP contribution in [0.2, 0.25) is 0 Å². The fraction of sp³-hybridized carbons (Fsp3) is 0.435. The molecule has 156 valence electrons. The maximum Gasteiger partial charge on any atom is 0.219 e. The number of aryl methyl sites for hydroxylation is 1. The summed E-state index contributed by atoms with van der Waals surface area (Å²) in [5.41, 5.74) is 7.24. The number of nitrogens with zero attached hydrogens (tertiary/aromatic N) is 5. The molecule has 30 heavy (non-hydrogen) atoms. The molecule has 0 fully saturated rings. The summed E-state index contributed by atoms with van der Waals surface area (Å²) in [6, 6.07) is 6.70. The van der Waals surface area contributed by atoms with E-state index in [0.717, 1.165) is 55.0 Å². The van der Waals surface area contributed by atoms with Gasteiger partial charge in [0.1, 0.15) is 0 Å². The van der Waals surface area contributed by atoms with Crippen LogP contribution in [-0.4, -0.2) is 43.9 Å².